The van der Waals surface area contributed by atoms with Gasteiger partial charge in [-0.2, -0.15) is 4.98 Å². The van der Waals surface area contributed by atoms with E-state index in [0.29, 0.717) is 5.69 Å². The van der Waals surface area contributed by atoms with E-state index in [0.717, 1.165) is 18.2 Å². The highest BCUT2D eigenvalue weighted by Gasteiger charge is 2.16. The van der Waals surface area contributed by atoms with E-state index in [1.165, 1.54) is 12.1 Å². The number of anilines is 1. The number of hydrogen-bond donors (Lipinski definition) is 1. The predicted molar refractivity (Wildman–Crippen MR) is 75.5 cm³/mol. The zero-order valence-electron chi connectivity index (χ0n) is 12.0. The van der Waals surface area contributed by atoms with Crippen LogP contribution in [-0.2, 0) is 0 Å². The Labute approximate surface area is 121 Å². The van der Waals surface area contributed by atoms with E-state index < -0.39 is 17.2 Å². The molecule has 0 spiro atoms. The second kappa shape index (κ2) is 5.55. The standard InChI is InChI=1S/C15H16F2N2O2/c1-15(2,3)21-14-11(18)6-7-13(19-14)20-12-8-9(16)4-5-10(12)17/h4-8H,18H2,1-3H3. The SMILES string of the molecule is CC(C)(C)Oc1nc(Oc2cc(F)ccc2F)ccc1N. The molecule has 2 rings (SSSR count). The highest BCUT2D eigenvalue weighted by atomic mass is 19.1. The van der Waals surface area contributed by atoms with Crippen LogP contribution in [0.15, 0.2) is 30.3 Å². The lowest BCUT2D eigenvalue weighted by Gasteiger charge is -2.21. The van der Waals surface area contributed by atoms with Crippen molar-refractivity contribution in [2.24, 2.45) is 0 Å². The van der Waals surface area contributed by atoms with Crippen molar-refractivity contribution in [3.8, 4) is 17.5 Å². The first-order valence-corrected chi connectivity index (χ1v) is 6.33. The van der Waals surface area contributed by atoms with E-state index in [2.05, 4.69) is 4.98 Å². The van der Waals surface area contributed by atoms with Gasteiger partial charge in [-0.25, -0.2) is 8.78 Å². The van der Waals surface area contributed by atoms with Crippen LogP contribution in [-0.4, -0.2) is 10.6 Å². The van der Waals surface area contributed by atoms with Crippen LogP contribution < -0.4 is 15.2 Å². The van der Waals surface area contributed by atoms with Gasteiger partial charge in [0.25, 0.3) is 0 Å². The van der Waals surface area contributed by atoms with E-state index >= 15 is 0 Å². The quantitative estimate of drug-likeness (QED) is 0.932. The summed E-state index contributed by atoms with van der Waals surface area (Å²) in [6, 6.07) is 5.91. The van der Waals surface area contributed by atoms with Crippen molar-refractivity contribution >= 4 is 5.69 Å². The summed E-state index contributed by atoms with van der Waals surface area (Å²) in [7, 11) is 0. The second-order valence-electron chi connectivity index (χ2n) is 5.44. The number of ether oxygens (including phenoxy) is 2. The highest BCUT2D eigenvalue weighted by Crippen LogP contribution is 2.29. The first-order chi connectivity index (χ1) is 9.74. The average Bonchev–Trinajstić information content (AvgIpc) is 2.36. The summed E-state index contributed by atoms with van der Waals surface area (Å²) < 4.78 is 37.5. The molecule has 0 saturated heterocycles. The molecule has 2 N–H and O–H groups in total. The van der Waals surface area contributed by atoms with Crippen LogP contribution >= 0.6 is 0 Å². The summed E-state index contributed by atoms with van der Waals surface area (Å²) in [5, 5.41) is 0. The van der Waals surface area contributed by atoms with Gasteiger partial charge in [-0.15, -0.1) is 0 Å². The highest BCUT2D eigenvalue weighted by molar-refractivity contribution is 5.50. The molecule has 1 aromatic heterocycles. The van der Waals surface area contributed by atoms with Gasteiger partial charge >= 0.3 is 0 Å². The van der Waals surface area contributed by atoms with Crippen molar-refractivity contribution < 1.29 is 18.3 Å². The molecule has 21 heavy (non-hydrogen) atoms. The van der Waals surface area contributed by atoms with E-state index in [-0.39, 0.29) is 17.5 Å². The van der Waals surface area contributed by atoms with Crippen molar-refractivity contribution in [2.45, 2.75) is 26.4 Å². The number of hydrogen-bond acceptors (Lipinski definition) is 4. The lowest BCUT2D eigenvalue weighted by Crippen LogP contribution is -2.24. The van der Waals surface area contributed by atoms with Crippen LogP contribution in [0.4, 0.5) is 14.5 Å². The maximum absolute atomic E-state index is 13.5. The summed E-state index contributed by atoms with van der Waals surface area (Å²) in [5.41, 5.74) is 5.60. The number of nitrogens with two attached hydrogens (primary N) is 1. The zero-order valence-corrected chi connectivity index (χ0v) is 12.0. The van der Waals surface area contributed by atoms with Gasteiger partial charge in [0.15, 0.2) is 11.6 Å². The van der Waals surface area contributed by atoms with Gasteiger partial charge in [0, 0.05) is 12.1 Å². The van der Waals surface area contributed by atoms with Crippen LogP contribution in [0, 0.1) is 11.6 Å². The Morgan fingerprint density at radius 1 is 1.10 bits per heavy atom. The van der Waals surface area contributed by atoms with Crippen LogP contribution in [0.5, 0.6) is 17.5 Å². The predicted octanol–water partition coefficient (Wildman–Crippen LogP) is 3.91. The number of rotatable bonds is 3. The zero-order chi connectivity index (χ0) is 15.6. The summed E-state index contributed by atoms with van der Waals surface area (Å²) in [4.78, 5) is 4.07. The van der Waals surface area contributed by atoms with Gasteiger partial charge in [-0.05, 0) is 39.0 Å². The van der Waals surface area contributed by atoms with Gasteiger partial charge in [-0.3, -0.25) is 0 Å². The third kappa shape index (κ3) is 4.05. The fraction of sp³-hybridized carbons (Fsp3) is 0.267. The number of benzene rings is 1. The lowest BCUT2D eigenvalue weighted by molar-refractivity contribution is 0.124. The Hall–Kier alpha value is -2.37. The first-order valence-electron chi connectivity index (χ1n) is 6.33. The summed E-state index contributed by atoms with van der Waals surface area (Å²) in [6.45, 7) is 5.52. The monoisotopic (exact) mass is 294 g/mol. The second-order valence-corrected chi connectivity index (χ2v) is 5.44. The minimum Gasteiger partial charge on any atom is -0.470 e. The smallest absolute Gasteiger partial charge is 0.241 e. The molecule has 0 saturated carbocycles. The molecule has 0 aliphatic rings. The Kier molecular flexibility index (Phi) is 3.97. The molecule has 1 aromatic carbocycles. The van der Waals surface area contributed by atoms with E-state index in [4.69, 9.17) is 15.2 Å². The molecular formula is C15H16F2N2O2. The molecule has 0 fully saturated rings. The summed E-state index contributed by atoms with van der Waals surface area (Å²) in [6.07, 6.45) is 0. The molecule has 0 bridgehead atoms. The van der Waals surface area contributed by atoms with E-state index in [9.17, 15) is 8.78 Å². The minimum absolute atomic E-state index is 0.0629. The van der Waals surface area contributed by atoms with Gasteiger partial charge in [0.05, 0.1) is 5.69 Å². The fourth-order valence-electron chi connectivity index (χ4n) is 1.53. The van der Waals surface area contributed by atoms with Crippen LogP contribution in [0.2, 0.25) is 0 Å². The number of aromatic nitrogens is 1. The Balaban J connectivity index is 2.29. The van der Waals surface area contributed by atoms with Gasteiger partial charge in [0.2, 0.25) is 11.8 Å². The maximum Gasteiger partial charge on any atom is 0.241 e. The molecule has 0 unspecified atom stereocenters. The number of nitrogens with zero attached hydrogens (tertiary/aromatic N) is 1. The lowest BCUT2D eigenvalue weighted by atomic mass is 10.2. The molecule has 1 heterocycles. The topological polar surface area (TPSA) is 57.4 Å². The number of halogens is 2. The Morgan fingerprint density at radius 2 is 1.81 bits per heavy atom. The molecule has 6 heteroatoms. The van der Waals surface area contributed by atoms with Crippen molar-refractivity contribution in [2.75, 3.05) is 5.73 Å². The molecular weight excluding hydrogens is 278 g/mol. The third-order valence-electron chi connectivity index (χ3n) is 2.37. The number of pyridine rings is 1. The van der Waals surface area contributed by atoms with Gasteiger partial charge in [0.1, 0.15) is 11.4 Å². The molecule has 0 aliphatic carbocycles. The van der Waals surface area contributed by atoms with Gasteiger partial charge < -0.3 is 15.2 Å². The van der Waals surface area contributed by atoms with E-state index in [1.54, 1.807) is 0 Å². The van der Waals surface area contributed by atoms with Crippen molar-refractivity contribution in [1.29, 1.82) is 0 Å². The Morgan fingerprint density at radius 3 is 2.48 bits per heavy atom. The van der Waals surface area contributed by atoms with Crippen LogP contribution in [0.1, 0.15) is 20.8 Å². The van der Waals surface area contributed by atoms with E-state index in [1.807, 2.05) is 20.8 Å². The molecule has 4 nitrogen and oxygen atoms in total. The summed E-state index contributed by atoms with van der Waals surface area (Å²) in [5.74, 6) is -1.31. The van der Waals surface area contributed by atoms with Crippen LogP contribution in [0.3, 0.4) is 0 Å². The Bertz CT molecular complexity index is 655. The normalized spacial score (nSPS) is 11.3. The largest absolute Gasteiger partial charge is 0.470 e. The van der Waals surface area contributed by atoms with Crippen molar-refractivity contribution in [1.82, 2.24) is 4.98 Å². The minimum atomic E-state index is -0.687. The fourth-order valence-corrected chi connectivity index (χ4v) is 1.53. The average molecular weight is 294 g/mol. The molecule has 0 atom stereocenters. The first kappa shape index (κ1) is 15.0. The molecule has 2 aromatic rings. The molecule has 0 aliphatic heterocycles. The van der Waals surface area contributed by atoms with Crippen molar-refractivity contribution in [3.05, 3.63) is 42.0 Å². The molecule has 0 amide bonds. The van der Waals surface area contributed by atoms with Crippen molar-refractivity contribution in [3.63, 3.8) is 0 Å². The third-order valence-corrected chi connectivity index (χ3v) is 2.37. The summed E-state index contributed by atoms with van der Waals surface area (Å²) >= 11 is 0. The number of nitrogen functional groups attached to an aromatic ring is 1. The molecule has 0 radical (unpaired) electrons. The van der Waals surface area contributed by atoms with Gasteiger partial charge in [-0.1, -0.05) is 0 Å². The maximum atomic E-state index is 13.5. The van der Waals surface area contributed by atoms with Crippen LogP contribution in [0.25, 0.3) is 0 Å². The molecule has 112 valence electrons.